The molecule has 0 bridgehead atoms. The highest BCUT2D eigenvalue weighted by atomic mass is 35.5. The first-order valence-electron chi connectivity index (χ1n) is 6.23. The van der Waals surface area contributed by atoms with Gasteiger partial charge < -0.3 is 10.1 Å². The van der Waals surface area contributed by atoms with Crippen molar-refractivity contribution in [2.45, 2.75) is 13.5 Å². The molecule has 0 aromatic heterocycles. The molecule has 0 aliphatic carbocycles. The van der Waals surface area contributed by atoms with Crippen molar-refractivity contribution in [1.29, 1.82) is 0 Å². The molecular weight excluding hydrogens is 317 g/mol. The molecule has 106 valence electrons. The van der Waals surface area contributed by atoms with E-state index in [1.54, 1.807) is 24.3 Å². The third kappa shape index (κ3) is 3.58. The molecule has 0 aliphatic rings. The van der Waals surface area contributed by atoms with Crippen LogP contribution in [0.1, 0.15) is 12.5 Å². The Labute approximate surface area is 133 Å². The fraction of sp³-hybridized carbons (Fsp3) is 0.200. The normalized spacial score (nSPS) is 10.6. The van der Waals surface area contributed by atoms with Crippen LogP contribution < -0.4 is 10.1 Å². The van der Waals surface area contributed by atoms with Crippen molar-refractivity contribution in [3.63, 3.8) is 0 Å². The second-order valence-electron chi connectivity index (χ2n) is 4.16. The van der Waals surface area contributed by atoms with E-state index < -0.39 is 0 Å². The Hall–Kier alpha value is -0.930. The van der Waals surface area contributed by atoms with Crippen molar-refractivity contribution in [2.75, 3.05) is 6.54 Å². The Morgan fingerprint density at radius 3 is 2.45 bits per heavy atom. The largest absolute Gasteiger partial charge is 0.454 e. The minimum absolute atomic E-state index is 0.378. The van der Waals surface area contributed by atoms with E-state index in [-0.39, 0.29) is 0 Å². The van der Waals surface area contributed by atoms with Crippen LogP contribution in [0.4, 0.5) is 0 Å². The van der Waals surface area contributed by atoms with Crippen molar-refractivity contribution in [3.8, 4) is 11.5 Å². The SMILES string of the molecule is CCNCc1cccc(Cl)c1Oc1cccc(Cl)c1Cl. The number of benzene rings is 2. The van der Waals surface area contributed by atoms with Crippen molar-refractivity contribution >= 4 is 34.8 Å². The average molecular weight is 331 g/mol. The van der Waals surface area contributed by atoms with E-state index in [9.17, 15) is 0 Å². The summed E-state index contributed by atoms with van der Waals surface area (Å²) in [4.78, 5) is 0. The molecule has 0 spiro atoms. The molecule has 0 unspecified atom stereocenters. The monoisotopic (exact) mass is 329 g/mol. The number of nitrogens with one attached hydrogen (secondary N) is 1. The van der Waals surface area contributed by atoms with Crippen molar-refractivity contribution in [3.05, 3.63) is 57.0 Å². The second-order valence-corrected chi connectivity index (χ2v) is 5.35. The Balaban J connectivity index is 2.34. The van der Waals surface area contributed by atoms with E-state index in [2.05, 4.69) is 5.32 Å². The summed E-state index contributed by atoms with van der Waals surface area (Å²) in [7, 11) is 0. The van der Waals surface area contributed by atoms with Crippen LogP contribution >= 0.6 is 34.8 Å². The molecule has 0 saturated heterocycles. The zero-order chi connectivity index (χ0) is 14.5. The first kappa shape index (κ1) is 15.5. The zero-order valence-corrected chi connectivity index (χ0v) is 13.2. The van der Waals surface area contributed by atoms with Gasteiger partial charge >= 0.3 is 0 Å². The van der Waals surface area contributed by atoms with Crippen LogP contribution in [-0.2, 0) is 6.54 Å². The topological polar surface area (TPSA) is 21.3 Å². The molecule has 0 atom stereocenters. The highest BCUT2D eigenvalue weighted by molar-refractivity contribution is 6.43. The highest BCUT2D eigenvalue weighted by Gasteiger charge is 2.12. The van der Waals surface area contributed by atoms with Gasteiger partial charge in [-0.2, -0.15) is 0 Å². The zero-order valence-electron chi connectivity index (χ0n) is 10.9. The summed E-state index contributed by atoms with van der Waals surface area (Å²) in [5, 5.41) is 4.61. The van der Waals surface area contributed by atoms with E-state index in [0.29, 0.717) is 33.1 Å². The average Bonchev–Trinajstić information content (AvgIpc) is 2.44. The summed E-state index contributed by atoms with van der Waals surface area (Å²) in [5.74, 6) is 1.09. The number of hydrogen-bond donors (Lipinski definition) is 1. The van der Waals surface area contributed by atoms with Crippen LogP contribution in [-0.4, -0.2) is 6.54 Å². The van der Waals surface area contributed by atoms with Gasteiger partial charge in [-0.1, -0.05) is 59.9 Å². The van der Waals surface area contributed by atoms with E-state index in [0.717, 1.165) is 12.1 Å². The summed E-state index contributed by atoms with van der Waals surface area (Å²) < 4.78 is 5.86. The van der Waals surface area contributed by atoms with Gasteiger partial charge in [0.2, 0.25) is 0 Å². The van der Waals surface area contributed by atoms with Crippen LogP contribution in [0.25, 0.3) is 0 Å². The molecule has 20 heavy (non-hydrogen) atoms. The fourth-order valence-electron chi connectivity index (χ4n) is 1.74. The molecule has 0 heterocycles. The lowest BCUT2D eigenvalue weighted by atomic mass is 10.2. The van der Waals surface area contributed by atoms with E-state index >= 15 is 0 Å². The molecular formula is C15H14Cl3NO. The smallest absolute Gasteiger partial charge is 0.150 e. The molecule has 2 aromatic carbocycles. The highest BCUT2D eigenvalue weighted by Crippen LogP contribution is 2.38. The third-order valence-electron chi connectivity index (χ3n) is 2.74. The van der Waals surface area contributed by atoms with E-state index in [4.69, 9.17) is 39.5 Å². The summed E-state index contributed by atoms with van der Waals surface area (Å²) in [6.07, 6.45) is 0. The Morgan fingerprint density at radius 1 is 1.00 bits per heavy atom. The quantitative estimate of drug-likeness (QED) is 0.776. The number of rotatable bonds is 5. The van der Waals surface area contributed by atoms with Crippen LogP contribution in [0, 0.1) is 0 Å². The van der Waals surface area contributed by atoms with Gasteiger partial charge in [0.1, 0.15) is 10.8 Å². The van der Waals surface area contributed by atoms with Gasteiger partial charge in [-0.15, -0.1) is 0 Å². The predicted molar refractivity (Wildman–Crippen MR) is 85.4 cm³/mol. The number of halogens is 3. The van der Waals surface area contributed by atoms with Gasteiger partial charge in [-0.05, 0) is 24.7 Å². The minimum atomic E-state index is 0.378. The third-order valence-corrected chi connectivity index (χ3v) is 3.84. The van der Waals surface area contributed by atoms with Gasteiger partial charge in [0.25, 0.3) is 0 Å². The minimum Gasteiger partial charge on any atom is -0.454 e. The van der Waals surface area contributed by atoms with Crippen LogP contribution in [0.15, 0.2) is 36.4 Å². The van der Waals surface area contributed by atoms with Crippen LogP contribution in [0.3, 0.4) is 0 Å². The Kier molecular flexibility index (Phi) is 5.55. The summed E-state index contributed by atoms with van der Waals surface area (Å²) >= 11 is 18.3. The molecule has 0 radical (unpaired) electrons. The number of para-hydroxylation sites is 1. The fourth-order valence-corrected chi connectivity index (χ4v) is 2.30. The first-order valence-corrected chi connectivity index (χ1v) is 7.36. The van der Waals surface area contributed by atoms with Crippen molar-refractivity contribution < 1.29 is 4.74 Å². The van der Waals surface area contributed by atoms with E-state index in [1.807, 2.05) is 19.1 Å². The maximum absolute atomic E-state index is 6.22. The molecule has 0 aliphatic heterocycles. The van der Waals surface area contributed by atoms with Gasteiger partial charge in [0, 0.05) is 12.1 Å². The predicted octanol–water partition coefficient (Wildman–Crippen LogP) is 5.55. The summed E-state index contributed by atoms with van der Waals surface area (Å²) in [6, 6.07) is 10.9. The van der Waals surface area contributed by atoms with Crippen LogP contribution in [0.5, 0.6) is 11.5 Å². The molecule has 2 rings (SSSR count). The lowest BCUT2D eigenvalue weighted by molar-refractivity contribution is 0.474. The summed E-state index contributed by atoms with van der Waals surface area (Å²) in [5.41, 5.74) is 0.968. The molecule has 1 N–H and O–H groups in total. The molecule has 2 nitrogen and oxygen atoms in total. The molecule has 0 amide bonds. The molecule has 0 saturated carbocycles. The van der Waals surface area contributed by atoms with Gasteiger partial charge in [0.15, 0.2) is 5.75 Å². The Morgan fingerprint density at radius 2 is 1.70 bits per heavy atom. The molecule has 2 aromatic rings. The standard InChI is InChI=1S/C15H14Cl3NO/c1-2-19-9-10-5-3-7-12(17)15(10)20-13-8-4-6-11(16)14(13)18/h3-8,19H,2,9H2,1H3. The second kappa shape index (κ2) is 7.19. The number of ether oxygens (including phenoxy) is 1. The lowest BCUT2D eigenvalue weighted by Crippen LogP contribution is -2.12. The summed E-state index contributed by atoms with van der Waals surface area (Å²) in [6.45, 7) is 3.58. The molecule has 0 fully saturated rings. The lowest BCUT2D eigenvalue weighted by Gasteiger charge is -2.14. The maximum atomic E-state index is 6.22. The van der Waals surface area contributed by atoms with Crippen LogP contribution in [0.2, 0.25) is 15.1 Å². The number of hydrogen-bond acceptors (Lipinski definition) is 2. The van der Waals surface area contributed by atoms with E-state index in [1.165, 1.54) is 0 Å². The van der Waals surface area contributed by atoms with Gasteiger partial charge in [-0.25, -0.2) is 0 Å². The van der Waals surface area contributed by atoms with Gasteiger partial charge in [0.05, 0.1) is 10.0 Å². The Bertz CT molecular complexity index is 602. The first-order chi connectivity index (χ1) is 9.63. The van der Waals surface area contributed by atoms with Gasteiger partial charge in [-0.3, -0.25) is 0 Å². The molecule has 5 heteroatoms. The maximum Gasteiger partial charge on any atom is 0.150 e. The van der Waals surface area contributed by atoms with Crippen molar-refractivity contribution in [2.24, 2.45) is 0 Å². The van der Waals surface area contributed by atoms with Crippen molar-refractivity contribution in [1.82, 2.24) is 5.32 Å².